The van der Waals surface area contributed by atoms with Gasteiger partial charge in [-0.05, 0) is 24.6 Å². The topological polar surface area (TPSA) is 125 Å². The highest BCUT2D eigenvalue weighted by Crippen LogP contribution is 2.53. The molecule has 4 rings (SSSR count). The number of imide groups is 1. The maximum Gasteiger partial charge on any atom is 0.303 e. The number of fused-ring (bicyclic) bond motifs is 4. The van der Waals surface area contributed by atoms with Crippen molar-refractivity contribution in [2.45, 2.75) is 24.4 Å². The third-order valence-electron chi connectivity index (χ3n) is 5.96. The average Bonchev–Trinajstić information content (AvgIpc) is 3.24. The maximum absolute atomic E-state index is 13.3. The van der Waals surface area contributed by atoms with Crippen LogP contribution in [0.4, 0.5) is 5.69 Å². The van der Waals surface area contributed by atoms with Crippen molar-refractivity contribution in [3.63, 3.8) is 0 Å². The molecule has 0 aliphatic carbocycles. The molecule has 29 heavy (non-hydrogen) atoms. The molecular formula is C19H20ClN3O6. The summed E-state index contributed by atoms with van der Waals surface area (Å²) in [6.45, 7) is 0.249. The fourth-order valence-corrected chi connectivity index (χ4v) is 4.94. The molecule has 1 aromatic carbocycles. The number of ether oxygens (including phenoxy) is 1. The monoisotopic (exact) mass is 421 g/mol. The fraction of sp³-hybridized carbons (Fsp3) is 0.474. The molecule has 3 aliphatic rings. The van der Waals surface area contributed by atoms with Gasteiger partial charge < -0.3 is 15.2 Å². The first kappa shape index (κ1) is 19.8. The number of aliphatic carboxylic acids is 1. The van der Waals surface area contributed by atoms with E-state index in [1.54, 1.807) is 18.2 Å². The Kier molecular flexibility index (Phi) is 4.84. The summed E-state index contributed by atoms with van der Waals surface area (Å²) in [5.74, 6) is -4.17. The summed E-state index contributed by atoms with van der Waals surface area (Å²) < 4.78 is 5.00. The molecule has 1 aromatic rings. The van der Waals surface area contributed by atoms with Crippen LogP contribution in [0.2, 0.25) is 5.02 Å². The lowest BCUT2D eigenvalue weighted by Crippen LogP contribution is -2.53. The summed E-state index contributed by atoms with van der Waals surface area (Å²) in [4.78, 5) is 51.7. The zero-order valence-corrected chi connectivity index (χ0v) is 16.4. The quantitative estimate of drug-likeness (QED) is 0.573. The summed E-state index contributed by atoms with van der Waals surface area (Å²) in [6, 6.07) is 4.24. The second-order valence-electron chi connectivity index (χ2n) is 7.46. The van der Waals surface area contributed by atoms with Gasteiger partial charge in [0.05, 0.1) is 25.0 Å². The largest absolute Gasteiger partial charge is 0.481 e. The van der Waals surface area contributed by atoms with E-state index < -0.39 is 47.1 Å². The van der Waals surface area contributed by atoms with E-state index >= 15 is 0 Å². The Morgan fingerprint density at radius 3 is 2.76 bits per heavy atom. The Morgan fingerprint density at radius 2 is 2.07 bits per heavy atom. The Labute approximate surface area is 171 Å². The van der Waals surface area contributed by atoms with Crippen molar-refractivity contribution in [1.29, 1.82) is 0 Å². The van der Waals surface area contributed by atoms with Crippen molar-refractivity contribution >= 4 is 41.0 Å². The third-order valence-corrected chi connectivity index (χ3v) is 6.19. The van der Waals surface area contributed by atoms with Crippen molar-refractivity contribution < 1.29 is 29.0 Å². The minimum Gasteiger partial charge on any atom is -0.481 e. The number of carbonyl (C=O) groups excluding carboxylic acids is 3. The highest BCUT2D eigenvalue weighted by atomic mass is 35.5. The maximum atomic E-state index is 13.3. The molecule has 0 bridgehead atoms. The fourth-order valence-electron chi connectivity index (χ4n) is 4.76. The van der Waals surface area contributed by atoms with Crippen LogP contribution in [-0.4, -0.2) is 60.0 Å². The van der Waals surface area contributed by atoms with Gasteiger partial charge in [-0.25, -0.2) is 0 Å². The second kappa shape index (κ2) is 7.08. The SMILES string of the molecule is COCCN1C(=O)[C@H]2[C@@H](C1=O)[C@@]1(N[C@@H]2CCC(=O)O)C(=O)Nc2ccc(Cl)cc21. The van der Waals surface area contributed by atoms with Gasteiger partial charge in [0.1, 0.15) is 5.54 Å². The number of anilines is 1. The van der Waals surface area contributed by atoms with Crippen LogP contribution in [0.5, 0.6) is 0 Å². The molecule has 10 heteroatoms. The van der Waals surface area contributed by atoms with Gasteiger partial charge >= 0.3 is 5.97 Å². The first-order valence-electron chi connectivity index (χ1n) is 9.26. The molecule has 4 atom stereocenters. The Hall–Kier alpha value is -2.49. The van der Waals surface area contributed by atoms with Crippen molar-refractivity contribution in [2.75, 3.05) is 25.6 Å². The molecule has 3 heterocycles. The number of carboxylic acid groups (broad SMARTS) is 1. The molecule has 0 saturated carbocycles. The molecule has 3 aliphatic heterocycles. The predicted molar refractivity (Wildman–Crippen MR) is 101 cm³/mol. The molecule has 9 nitrogen and oxygen atoms in total. The van der Waals surface area contributed by atoms with E-state index in [-0.39, 0.29) is 26.0 Å². The average molecular weight is 422 g/mol. The van der Waals surface area contributed by atoms with Crippen LogP contribution in [0, 0.1) is 11.8 Å². The van der Waals surface area contributed by atoms with Crippen LogP contribution in [0.25, 0.3) is 0 Å². The van der Waals surface area contributed by atoms with E-state index in [0.29, 0.717) is 16.3 Å². The standard InChI is InChI=1S/C19H20ClN3O6/c1-29-7-6-23-16(26)14-12(4-5-13(24)25)22-19(15(14)17(23)27)10-8-9(20)2-3-11(10)21-18(19)28/h2-3,8,12,14-15,22H,4-7H2,1H3,(H,21,28)(H,24,25)/t12-,14-,15+,19-/m1/s1. The molecule has 3 N–H and O–H groups in total. The van der Waals surface area contributed by atoms with Gasteiger partial charge in [-0.3, -0.25) is 29.4 Å². The normalized spacial score (nSPS) is 30.1. The summed E-state index contributed by atoms with van der Waals surface area (Å²) in [5, 5.41) is 15.4. The van der Waals surface area contributed by atoms with Gasteiger partial charge in [0.25, 0.3) is 0 Å². The van der Waals surface area contributed by atoms with E-state index in [2.05, 4.69) is 10.6 Å². The first-order valence-corrected chi connectivity index (χ1v) is 9.64. The van der Waals surface area contributed by atoms with Crippen LogP contribution in [0.1, 0.15) is 18.4 Å². The third kappa shape index (κ3) is 2.84. The number of nitrogens with zero attached hydrogens (tertiary/aromatic N) is 1. The molecule has 154 valence electrons. The minimum absolute atomic E-state index is 0.0763. The van der Waals surface area contributed by atoms with Crippen LogP contribution < -0.4 is 10.6 Å². The molecule has 2 saturated heterocycles. The Bertz CT molecular complexity index is 921. The zero-order chi connectivity index (χ0) is 20.9. The lowest BCUT2D eigenvalue weighted by Gasteiger charge is -2.29. The van der Waals surface area contributed by atoms with E-state index in [1.165, 1.54) is 7.11 Å². The summed E-state index contributed by atoms with van der Waals surface area (Å²) in [7, 11) is 1.47. The van der Waals surface area contributed by atoms with Gasteiger partial charge in [0, 0.05) is 35.8 Å². The highest BCUT2D eigenvalue weighted by Gasteiger charge is 2.70. The number of hydrogen-bond acceptors (Lipinski definition) is 6. The van der Waals surface area contributed by atoms with Gasteiger partial charge in [-0.1, -0.05) is 11.6 Å². The van der Waals surface area contributed by atoms with Crippen LogP contribution in [0.3, 0.4) is 0 Å². The molecule has 0 unspecified atom stereocenters. The number of carbonyl (C=O) groups is 4. The van der Waals surface area contributed by atoms with Gasteiger partial charge in [-0.15, -0.1) is 0 Å². The van der Waals surface area contributed by atoms with Crippen LogP contribution in [-0.2, 0) is 29.5 Å². The molecule has 0 radical (unpaired) electrons. The van der Waals surface area contributed by atoms with Crippen molar-refractivity contribution in [1.82, 2.24) is 10.2 Å². The van der Waals surface area contributed by atoms with Crippen molar-refractivity contribution in [3.05, 3.63) is 28.8 Å². The molecule has 1 spiro atoms. The first-order chi connectivity index (χ1) is 13.8. The van der Waals surface area contributed by atoms with E-state index in [9.17, 15) is 19.2 Å². The summed E-state index contributed by atoms with van der Waals surface area (Å²) >= 11 is 6.15. The van der Waals surface area contributed by atoms with Crippen LogP contribution >= 0.6 is 11.6 Å². The molecule has 0 aromatic heterocycles. The number of amides is 3. The highest BCUT2D eigenvalue weighted by molar-refractivity contribution is 6.31. The van der Waals surface area contributed by atoms with Crippen LogP contribution in [0.15, 0.2) is 18.2 Å². The van der Waals surface area contributed by atoms with E-state index in [1.807, 2.05) is 0 Å². The molecule has 2 fully saturated rings. The van der Waals surface area contributed by atoms with E-state index in [0.717, 1.165) is 4.90 Å². The smallest absolute Gasteiger partial charge is 0.303 e. The number of methoxy groups -OCH3 is 1. The zero-order valence-electron chi connectivity index (χ0n) is 15.6. The molecule has 3 amide bonds. The predicted octanol–water partition coefficient (Wildman–Crippen LogP) is 0.572. The molecular weight excluding hydrogens is 402 g/mol. The minimum atomic E-state index is -1.47. The summed E-state index contributed by atoms with van der Waals surface area (Å²) in [5.41, 5.74) is -0.458. The number of halogens is 1. The Balaban J connectivity index is 1.81. The number of nitrogens with one attached hydrogen (secondary N) is 2. The number of hydrogen-bond donors (Lipinski definition) is 3. The number of benzene rings is 1. The lowest BCUT2D eigenvalue weighted by atomic mass is 9.76. The second-order valence-corrected chi connectivity index (χ2v) is 7.90. The number of carboxylic acids is 1. The van der Waals surface area contributed by atoms with Crippen molar-refractivity contribution in [2.24, 2.45) is 11.8 Å². The van der Waals surface area contributed by atoms with Crippen molar-refractivity contribution in [3.8, 4) is 0 Å². The summed E-state index contributed by atoms with van der Waals surface area (Å²) in [6.07, 6.45) is -0.0842. The Morgan fingerprint density at radius 1 is 1.31 bits per heavy atom. The van der Waals surface area contributed by atoms with Gasteiger partial charge in [-0.2, -0.15) is 0 Å². The van der Waals surface area contributed by atoms with Gasteiger partial charge in [0.2, 0.25) is 17.7 Å². The lowest BCUT2D eigenvalue weighted by molar-refractivity contribution is -0.144. The van der Waals surface area contributed by atoms with Gasteiger partial charge in [0.15, 0.2) is 0 Å². The number of rotatable bonds is 6. The number of likely N-dealkylation sites (tertiary alicyclic amines) is 1. The van der Waals surface area contributed by atoms with E-state index in [4.69, 9.17) is 21.4 Å².